The summed E-state index contributed by atoms with van der Waals surface area (Å²) in [5, 5.41) is 9.70. The summed E-state index contributed by atoms with van der Waals surface area (Å²) < 4.78 is 0. The van der Waals surface area contributed by atoms with Gasteiger partial charge in [0.15, 0.2) is 0 Å². The first-order valence-corrected chi connectivity index (χ1v) is 8.12. The Labute approximate surface area is 117 Å². The highest BCUT2D eigenvalue weighted by molar-refractivity contribution is 5.84. The third kappa shape index (κ3) is 2.81. The number of aliphatic carboxylic acids is 1. The van der Waals surface area contributed by atoms with Crippen molar-refractivity contribution >= 4 is 5.97 Å². The van der Waals surface area contributed by atoms with Gasteiger partial charge in [0, 0.05) is 6.04 Å². The first-order valence-electron chi connectivity index (χ1n) is 8.12. The number of rotatable bonds is 2. The summed E-state index contributed by atoms with van der Waals surface area (Å²) in [5.41, 5.74) is -0.548. The van der Waals surface area contributed by atoms with Crippen LogP contribution in [0.1, 0.15) is 71.6 Å². The molecule has 2 fully saturated rings. The Morgan fingerprint density at radius 3 is 2.11 bits per heavy atom. The van der Waals surface area contributed by atoms with Gasteiger partial charge < -0.3 is 5.11 Å². The van der Waals surface area contributed by atoms with Crippen LogP contribution in [0.4, 0.5) is 0 Å². The fraction of sp³-hybridized carbons (Fsp3) is 0.938. The highest BCUT2D eigenvalue weighted by atomic mass is 16.4. The highest BCUT2D eigenvalue weighted by Crippen LogP contribution is 2.49. The number of nitrogens with zero attached hydrogens (tertiary/aromatic N) is 1. The topological polar surface area (TPSA) is 40.3 Å². The van der Waals surface area contributed by atoms with Crippen molar-refractivity contribution in [2.45, 2.75) is 83.2 Å². The van der Waals surface area contributed by atoms with E-state index in [2.05, 4.69) is 18.7 Å². The summed E-state index contributed by atoms with van der Waals surface area (Å²) in [4.78, 5) is 14.1. The first kappa shape index (κ1) is 14.8. The van der Waals surface area contributed by atoms with Gasteiger partial charge in [-0.05, 0) is 25.3 Å². The van der Waals surface area contributed by atoms with Crippen LogP contribution in [0.25, 0.3) is 0 Å². The number of carboxylic acids is 1. The maximum Gasteiger partial charge on any atom is 0.326 e. The normalized spacial score (nSPS) is 37.0. The summed E-state index contributed by atoms with van der Waals surface area (Å²) >= 11 is 0. The average Bonchev–Trinajstić information content (AvgIpc) is 2.97. The van der Waals surface area contributed by atoms with Gasteiger partial charge in [-0.3, -0.25) is 9.69 Å². The second-order valence-corrected chi connectivity index (χ2v) is 6.61. The third-order valence-corrected chi connectivity index (χ3v) is 5.14. The summed E-state index contributed by atoms with van der Waals surface area (Å²) in [6.45, 7) is 5.12. The molecule has 0 saturated carbocycles. The van der Waals surface area contributed by atoms with Crippen LogP contribution in [-0.4, -0.2) is 34.1 Å². The molecule has 3 nitrogen and oxygen atoms in total. The molecule has 0 amide bonds. The Morgan fingerprint density at radius 1 is 1.05 bits per heavy atom. The van der Waals surface area contributed by atoms with E-state index in [1.54, 1.807) is 0 Å². The molecule has 0 bridgehead atoms. The molecule has 0 aromatic rings. The predicted molar refractivity (Wildman–Crippen MR) is 77.3 cm³/mol. The fourth-order valence-electron chi connectivity index (χ4n) is 4.05. The molecule has 2 heterocycles. The van der Waals surface area contributed by atoms with Gasteiger partial charge in [-0.1, -0.05) is 58.8 Å². The van der Waals surface area contributed by atoms with Crippen LogP contribution in [0, 0.1) is 5.92 Å². The molecule has 2 saturated heterocycles. The van der Waals surface area contributed by atoms with Crippen molar-refractivity contribution in [3.8, 4) is 0 Å². The van der Waals surface area contributed by atoms with Crippen LogP contribution in [-0.2, 0) is 4.79 Å². The lowest BCUT2D eigenvalue weighted by Gasteiger charge is -2.17. The standard InChI is InChI=1S/C16H29NO2/c1-13(2)16(15(18)19)14-11-9-7-5-3-4-6-8-10-12-17(14)16/h13-14H,3-12H2,1-2H3,(H,18,19)/t14?,16-,17?/m1/s1. The number of carboxylic acid groups (broad SMARTS) is 1. The van der Waals surface area contributed by atoms with E-state index >= 15 is 0 Å². The Bertz CT molecular complexity index is 296. The molecule has 0 radical (unpaired) electrons. The van der Waals surface area contributed by atoms with Gasteiger partial charge in [0.1, 0.15) is 5.54 Å². The molecule has 2 aliphatic heterocycles. The highest BCUT2D eigenvalue weighted by Gasteiger charge is 2.68. The van der Waals surface area contributed by atoms with E-state index in [-0.39, 0.29) is 5.92 Å². The van der Waals surface area contributed by atoms with Gasteiger partial charge in [-0.25, -0.2) is 0 Å². The fourth-order valence-corrected chi connectivity index (χ4v) is 4.05. The van der Waals surface area contributed by atoms with Gasteiger partial charge in [-0.2, -0.15) is 0 Å². The Kier molecular flexibility index (Phi) is 4.88. The molecular formula is C16H29NO2. The van der Waals surface area contributed by atoms with Crippen molar-refractivity contribution in [2.24, 2.45) is 5.92 Å². The van der Waals surface area contributed by atoms with E-state index in [1.807, 2.05) is 0 Å². The molecule has 0 aromatic heterocycles. The zero-order valence-corrected chi connectivity index (χ0v) is 12.5. The average molecular weight is 267 g/mol. The van der Waals surface area contributed by atoms with Crippen molar-refractivity contribution in [1.29, 1.82) is 0 Å². The molecule has 2 aliphatic rings. The minimum Gasteiger partial charge on any atom is -0.480 e. The number of carbonyl (C=O) groups is 1. The van der Waals surface area contributed by atoms with Crippen LogP contribution in [0.5, 0.6) is 0 Å². The van der Waals surface area contributed by atoms with Crippen molar-refractivity contribution in [1.82, 2.24) is 4.90 Å². The van der Waals surface area contributed by atoms with E-state index in [0.29, 0.717) is 6.04 Å². The molecule has 0 spiro atoms. The minimum atomic E-state index is -0.595. The van der Waals surface area contributed by atoms with Crippen LogP contribution >= 0.6 is 0 Å². The van der Waals surface area contributed by atoms with E-state index in [9.17, 15) is 9.90 Å². The zero-order valence-electron chi connectivity index (χ0n) is 12.5. The van der Waals surface area contributed by atoms with E-state index < -0.39 is 11.5 Å². The van der Waals surface area contributed by atoms with E-state index in [0.717, 1.165) is 19.4 Å². The van der Waals surface area contributed by atoms with E-state index in [1.165, 1.54) is 44.9 Å². The van der Waals surface area contributed by atoms with Crippen molar-refractivity contribution in [3.05, 3.63) is 0 Å². The SMILES string of the molecule is CC(C)[C@]1(C(=O)O)C2CCCCCCCCCCN21. The molecule has 2 rings (SSSR count). The summed E-state index contributed by atoms with van der Waals surface area (Å²) in [6, 6.07) is 0.296. The monoisotopic (exact) mass is 267 g/mol. The first-order chi connectivity index (χ1) is 9.11. The summed E-state index contributed by atoms with van der Waals surface area (Å²) in [6.07, 6.45) is 11.3. The second-order valence-electron chi connectivity index (χ2n) is 6.61. The molecule has 3 heteroatoms. The van der Waals surface area contributed by atoms with Gasteiger partial charge in [0.2, 0.25) is 0 Å². The van der Waals surface area contributed by atoms with Gasteiger partial charge in [0.25, 0.3) is 0 Å². The van der Waals surface area contributed by atoms with Crippen LogP contribution in [0.15, 0.2) is 0 Å². The lowest BCUT2D eigenvalue weighted by Crippen LogP contribution is -2.36. The van der Waals surface area contributed by atoms with Gasteiger partial charge >= 0.3 is 5.97 Å². The lowest BCUT2D eigenvalue weighted by atomic mass is 9.89. The van der Waals surface area contributed by atoms with Crippen LogP contribution in [0.3, 0.4) is 0 Å². The third-order valence-electron chi connectivity index (χ3n) is 5.14. The van der Waals surface area contributed by atoms with Crippen molar-refractivity contribution in [3.63, 3.8) is 0 Å². The maximum absolute atomic E-state index is 11.8. The lowest BCUT2D eigenvalue weighted by molar-refractivity contribution is -0.142. The van der Waals surface area contributed by atoms with E-state index in [4.69, 9.17) is 0 Å². The van der Waals surface area contributed by atoms with Crippen LogP contribution in [0.2, 0.25) is 0 Å². The summed E-state index contributed by atoms with van der Waals surface area (Å²) in [5.74, 6) is -0.387. The Morgan fingerprint density at radius 2 is 1.58 bits per heavy atom. The Hall–Kier alpha value is -0.570. The minimum absolute atomic E-state index is 0.208. The van der Waals surface area contributed by atoms with Crippen molar-refractivity contribution in [2.75, 3.05) is 6.54 Å². The number of fused-ring (bicyclic) bond motifs is 1. The largest absolute Gasteiger partial charge is 0.480 e. The Balaban J connectivity index is 2.04. The molecule has 110 valence electrons. The van der Waals surface area contributed by atoms with Crippen LogP contribution < -0.4 is 0 Å². The number of hydrogen-bond donors (Lipinski definition) is 1. The molecule has 0 aromatic carbocycles. The zero-order chi connectivity index (χ0) is 13.9. The molecular weight excluding hydrogens is 238 g/mol. The maximum atomic E-state index is 11.8. The van der Waals surface area contributed by atoms with Crippen molar-refractivity contribution < 1.29 is 9.90 Å². The molecule has 3 atom stereocenters. The predicted octanol–water partition coefficient (Wildman–Crippen LogP) is 3.67. The number of hydrogen-bond acceptors (Lipinski definition) is 2. The summed E-state index contributed by atoms with van der Waals surface area (Å²) in [7, 11) is 0. The second kappa shape index (κ2) is 6.25. The molecule has 1 N–H and O–H groups in total. The smallest absolute Gasteiger partial charge is 0.326 e. The molecule has 19 heavy (non-hydrogen) atoms. The van der Waals surface area contributed by atoms with Gasteiger partial charge in [-0.15, -0.1) is 0 Å². The molecule has 0 aliphatic carbocycles. The molecule has 2 unspecified atom stereocenters. The quantitative estimate of drug-likeness (QED) is 0.776. The van der Waals surface area contributed by atoms with Gasteiger partial charge in [0.05, 0.1) is 0 Å².